The quantitative estimate of drug-likeness (QED) is 0.0203. The van der Waals surface area contributed by atoms with E-state index in [-0.39, 0.29) is 46.0 Å². The molecular formula is C76H120O8. The second-order valence-electron chi connectivity index (χ2n) is 26.0. The van der Waals surface area contributed by atoms with Crippen LogP contribution in [-0.2, 0) is 0 Å². The van der Waals surface area contributed by atoms with E-state index in [1.807, 2.05) is 24.3 Å². The maximum atomic E-state index is 12.2. The normalized spacial score (nSPS) is 16.0. The Morgan fingerprint density at radius 1 is 0.179 bits per heavy atom. The highest BCUT2D eigenvalue weighted by Gasteiger charge is 2.33. The van der Waals surface area contributed by atoms with Crippen LogP contribution in [0.4, 0.5) is 0 Å². The van der Waals surface area contributed by atoms with E-state index in [0.717, 1.165) is 103 Å². The van der Waals surface area contributed by atoms with Gasteiger partial charge in [0.15, 0.2) is 0 Å². The minimum Gasteiger partial charge on any atom is -0.508 e. The summed E-state index contributed by atoms with van der Waals surface area (Å²) in [6.45, 7) is 8.99. The summed E-state index contributed by atoms with van der Waals surface area (Å²) in [4.78, 5) is 0. The fraction of sp³-hybridized carbons (Fsp3) is 0.684. The molecule has 1 aliphatic carbocycles. The maximum Gasteiger partial charge on any atom is 0.123 e. The molecule has 8 heteroatoms. The number of hydrogen-bond donors (Lipinski definition) is 8. The SMILES string of the molecule is CCCCCCCCCCCCC1c2cc(c(O)cc2O)C(CCCCCCCCCCCC)c2cc(c(O)cc2O)C(CCCCCCCCCCCC)c2cc(c(O)cc2O)C(CCCCCCCCCCCC)c2cc1c(O)cc2O. The van der Waals surface area contributed by atoms with Gasteiger partial charge in [-0.1, -0.05) is 285 Å². The Morgan fingerprint density at radius 3 is 0.429 bits per heavy atom. The van der Waals surface area contributed by atoms with Crippen molar-refractivity contribution in [2.45, 2.75) is 334 Å². The molecular weight excluding hydrogens is 1040 g/mol. The number of phenolic OH excluding ortho intramolecular Hbond substituents is 8. The van der Waals surface area contributed by atoms with Gasteiger partial charge in [0.25, 0.3) is 0 Å². The van der Waals surface area contributed by atoms with E-state index in [1.165, 1.54) is 178 Å². The van der Waals surface area contributed by atoms with Crippen LogP contribution in [0.2, 0.25) is 0 Å². The fourth-order valence-corrected chi connectivity index (χ4v) is 13.9. The van der Waals surface area contributed by atoms with Crippen molar-refractivity contribution in [2.24, 2.45) is 0 Å². The van der Waals surface area contributed by atoms with Gasteiger partial charge in [-0.3, -0.25) is 0 Å². The molecule has 0 heterocycles. The zero-order chi connectivity index (χ0) is 60.3. The average Bonchev–Trinajstić information content (AvgIpc) is 1.56. The van der Waals surface area contributed by atoms with Gasteiger partial charge >= 0.3 is 0 Å². The Morgan fingerprint density at radius 2 is 0.298 bits per heavy atom. The molecule has 0 aliphatic heterocycles. The molecule has 472 valence electrons. The third kappa shape index (κ3) is 23.2. The summed E-state index contributed by atoms with van der Waals surface area (Å²) in [5.74, 6) is -2.86. The van der Waals surface area contributed by atoms with Crippen LogP contribution < -0.4 is 0 Å². The second-order valence-corrected chi connectivity index (χ2v) is 26.0. The van der Waals surface area contributed by atoms with Crippen molar-refractivity contribution in [3.8, 4) is 46.0 Å². The Balaban J connectivity index is 1.65. The van der Waals surface area contributed by atoms with E-state index < -0.39 is 23.7 Å². The number of fused-ring (bicyclic) bond motifs is 8. The molecule has 0 atom stereocenters. The summed E-state index contributed by atoms with van der Waals surface area (Å²) in [5, 5.41) is 97.5. The Kier molecular flexibility index (Phi) is 33.9. The summed E-state index contributed by atoms with van der Waals surface area (Å²) >= 11 is 0. The van der Waals surface area contributed by atoms with Crippen molar-refractivity contribution in [3.63, 3.8) is 0 Å². The van der Waals surface area contributed by atoms with Crippen LogP contribution in [0.3, 0.4) is 0 Å². The van der Waals surface area contributed by atoms with Gasteiger partial charge in [-0.15, -0.1) is 0 Å². The van der Waals surface area contributed by atoms with Crippen molar-refractivity contribution in [1.29, 1.82) is 0 Å². The van der Waals surface area contributed by atoms with Crippen molar-refractivity contribution in [2.75, 3.05) is 0 Å². The lowest BCUT2D eigenvalue weighted by Gasteiger charge is -2.29. The van der Waals surface area contributed by atoms with Crippen molar-refractivity contribution >= 4 is 0 Å². The van der Waals surface area contributed by atoms with Gasteiger partial charge in [-0.2, -0.15) is 0 Å². The van der Waals surface area contributed by atoms with Gasteiger partial charge in [0.2, 0.25) is 0 Å². The number of aromatic hydroxyl groups is 8. The number of unbranched alkanes of at least 4 members (excludes halogenated alkanes) is 36. The maximum absolute atomic E-state index is 12.2. The van der Waals surface area contributed by atoms with Crippen molar-refractivity contribution in [1.82, 2.24) is 0 Å². The molecule has 0 unspecified atom stereocenters. The Labute approximate surface area is 511 Å². The predicted octanol–water partition coefficient (Wildman–Crippen LogP) is 23.4. The number of hydrogen-bond acceptors (Lipinski definition) is 8. The van der Waals surface area contributed by atoms with Crippen molar-refractivity contribution < 1.29 is 40.9 Å². The largest absolute Gasteiger partial charge is 0.508 e. The highest BCUT2D eigenvalue weighted by atomic mass is 16.3. The minimum atomic E-state index is -0.542. The zero-order valence-corrected chi connectivity index (χ0v) is 53.6. The number of rotatable bonds is 44. The summed E-state index contributed by atoms with van der Waals surface area (Å²) in [7, 11) is 0. The first-order valence-corrected chi connectivity index (χ1v) is 35.2. The topological polar surface area (TPSA) is 162 Å². The third-order valence-corrected chi connectivity index (χ3v) is 19.1. The molecule has 0 saturated carbocycles. The summed E-state index contributed by atoms with van der Waals surface area (Å²) in [6, 6.07) is 13.3. The molecule has 8 bridgehead atoms. The Hall–Kier alpha value is -4.72. The van der Waals surface area contributed by atoms with Gasteiger partial charge < -0.3 is 40.9 Å². The first-order chi connectivity index (χ1) is 40.9. The van der Waals surface area contributed by atoms with Crippen LogP contribution in [0.25, 0.3) is 0 Å². The molecule has 0 spiro atoms. The predicted molar refractivity (Wildman–Crippen MR) is 352 cm³/mol. The van der Waals surface area contributed by atoms with Gasteiger partial charge in [0.05, 0.1) is 0 Å². The van der Waals surface area contributed by atoms with Crippen molar-refractivity contribution in [3.05, 3.63) is 93.0 Å². The van der Waals surface area contributed by atoms with Gasteiger partial charge in [0, 0.05) is 92.4 Å². The average molecular weight is 1160 g/mol. The summed E-state index contributed by atoms with van der Waals surface area (Å²) in [5.41, 5.74) is 4.48. The molecule has 0 radical (unpaired) electrons. The van der Waals surface area contributed by atoms with E-state index in [2.05, 4.69) is 27.7 Å². The molecule has 0 amide bonds. The van der Waals surface area contributed by atoms with Crippen LogP contribution in [0.15, 0.2) is 48.5 Å². The summed E-state index contributed by atoms with van der Waals surface area (Å²) in [6.07, 6.45) is 48.5. The fourth-order valence-electron chi connectivity index (χ4n) is 13.9. The smallest absolute Gasteiger partial charge is 0.123 e. The molecule has 8 nitrogen and oxygen atoms in total. The monoisotopic (exact) mass is 1160 g/mol. The molecule has 84 heavy (non-hydrogen) atoms. The highest BCUT2D eigenvalue weighted by Crippen LogP contribution is 2.53. The highest BCUT2D eigenvalue weighted by molar-refractivity contribution is 5.62. The third-order valence-electron chi connectivity index (χ3n) is 19.1. The first-order valence-electron chi connectivity index (χ1n) is 35.2. The van der Waals surface area contributed by atoms with Crippen LogP contribution in [-0.4, -0.2) is 40.9 Å². The first kappa shape index (κ1) is 70.0. The second kappa shape index (κ2) is 40.6. The lowest BCUT2D eigenvalue weighted by atomic mass is 9.76. The molecule has 5 rings (SSSR count). The number of phenols is 8. The Bertz CT molecular complexity index is 1990. The van der Waals surface area contributed by atoms with E-state index in [0.29, 0.717) is 70.2 Å². The van der Waals surface area contributed by atoms with Gasteiger partial charge in [-0.05, 0) is 49.9 Å². The summed E-state index contributed by atoms with van der Waals surface area (Å²) < 4.78 is 0. The van der Waals surface area contributed by atoms with Crippen LogP contribution in [0.5, 0.6) is 46.0 Å². The van der Waals surface area contributed by atoms with Gasteiger partial charge in [-0.25, -0.2) is 0 Å². The molecule has 0 saturated heterocycles. The lowest BCUT2D eigenvalue weighted by Crippen LogP contribution is -2.11. The van der Waals surface area contributed by atoms with E-state index in [1.54, 1.807) is 0 Å². The van der Waals surface area contributed by atoms with Gasteiger partial charge in [0.1, 0.15) is 46.0 Å². The molecule has 8 N–H and O–H groups in total. The molecule has 0 aromatic heterocycles. The van der Waals surface area contributed by atoms with Crippen LogP contribution in [0.1, 0.15) is 378 Å². The molecule has 4 aromatic carbocycles. The van der Waals surface area contributed by atoms with E-state index in [4.69, 9.17) is 0 Å². The standard InChI is InChI=1S/C76H120O8/c1-5-9-13-17-21-25-29-33-37-41-45-57-61-49-63(71(79)53-69(61)77)58(46-42-38-34-30-26-22-18-14-10-6-2)65-51-67(75(83)55-73(65)81)60(48-44-40-36-32-28-24-20-16-12-8-4)68-52-66(74(82)56-76(68)84)59(64-50-62(57)70(78)54-72(64)80)47-43-39-35-31-27-23-19-15-11-7-3/h49-60,77-84H,5-48H2,1-4H3. The van der Waals surface area contributed by atoms with E-state index in [9.17, 15) is 40.9 Å². The number of benzene rings is 4. The molecule has 4 aromatic rings. The minimum absolute atomic E-state index is 0.0870. The van der Waals surface area contributed by atoms with E-state index >= 15 is 0 Å². The zero-order valence-electron chi connectivity index (χ0n) is 53.6. The lowest BCUT2D eigenvalue weighted by molar-refractivity contribution is 0.418. The van der Waals surface area contributed by atoms with Crippen LogP contribution >= 0.6 is 0 Å². The van der Waals surface area contributed by atoms with Crippen LogP contribution in [0, 0.1) is 0 Å². The molecule has 0 fully saturated rings. The molecule has 1 aliphatic rings.